The lowest BCUT2D eigenvalue weighted by molar-refractivity contribution is -0.133. The minimum atomic E-state index is -0.731. The fraction of sp³-hybridized carbons (Fsp3) is 0.273. The fourth-order valence-electron chi connectivity index (χ4n) is 0.575. The molecule has 0 amide bonds. The maximum absolute atomic E-state index is 11.1. The van der Waals surface area contributed by atoms with Crippen molar-refractivity contribution >= 4 is 11.8 Å². The van der Waals surface area contributed by atoms with E-state index in [1.165, 1.54) is 7.11 Å². The topological polar surface area (TPSA) is 43.4 Å². The molecular formula is C11H12O3. The molecule has 0 saturated heterocycles. The van der Waals surface area contributed by atoms with Gasteiger partial charge in [0.2, 0.25) is 5.78 Å². The van der Waals surface area contributed by atoms with E-state index in [-0.39, 0.29) is 5.57 Å². The second-order valence-corrected chi connectivity index (χ2v) is 2.41. The first-order valence-electron chi connectivity index (χ1n) is 4.11. The summed E-state index contributed by atoms with van der Waals surface area (Å²) in [5, 5.41) is 0. The van der Waals surface area contributed by atoms with Gasteiger partial charge in [0.1, 0.15) is 0 Å². The number of hydrogen-bond donors (Lipinski definition) is 0. The van der Waals surface area contributed by atoms with Crippen LogP contribution in [0.2, 0.25) is 0 Å². The standard InChI is InChI=1S/C11H12O3/c1-4-5-6-9(2)10(12)7-8-11(13)14-3/h5-6H,2,4H2,1,3H3/b6-5-. The molecule has 0 aromatic rings. The molecule has 0 atom stereocenters. The second kappa shape index (κ2) is 6.67. The number of rotatable bonds is 3. The number of esters is 1. The van der Waals surface area contributed by atoms with E-state index < -0.39 is 11.8 Å². The molecular weight excluding hydrogens is 180 g/mol. The monoisotopic (exact) mass is 192 g/mol. The maximum atomic E-state index is 11.1. The minimum Gasteiger partial charge on any atom is -0.459 e. The van der Waals surface area contributed by atoms with Crippen LogP contribution in [0.4, 0.5) is 0 Å². The first-order chi connectivity index (χ1) is 6.61. The number of Topliss-reactive ketones (excluding diaryl/α,β-unsaturated/α-hetero) is 1. The summed E-state index contributed by atoms with van der Waals surface area (Å²) in [5.74, 6) is 2.96. The summed E-state index contributed by atoms with van der Waals surface area (Å²) >= 11 is 0. The van der Waals surface area contributed by atoms with E-state index in [2.05, 4.69) is 17.2 Å². The van der Waals surface area contributed by atoms with Crippen molar-refractivity contribution in [3.05, 3.63) is 24.3 Å². The van der Waals surface area contributed by atoms with Gasteiger partial charge in [-0.2, -0.15) is 0 Å². The molecule has 0 fully saturated rings. The Morgan fingerprint density at radius 1 is 1.43 bits per heavy atom. The molecule has 0 aliphatic carbocycles. The highest BCUT2D eigenvalue weighted by Crippen LogP contribution is 1.95. The smallest absolute Gasteiger partial charge is 0.384 e. The van der Waals surface area contributed by atoms with E-state index in [4.69, 9.17) is 0 Å². The van der Waals surface area contributed by atoms with Gasteiger partial charge in [-0.25, -0.2) is 4.79 Å². The van der Waals surface area contributed by atoms with Crippen molar-refractivity contribution in [2.45, 2.75) is 13.3 Å². The quantitative estimate of drug-likeness (QED) is 0.169. The molecule has 0 saturated carbocycles. The molecule has 0 rings (SSSR count). The minimum absolute atomic E-state index is 0.267. The van der Waals surface area contributed by atoms with Gasteiger partial charge in [-0.05, 0) is 12.3 Å². The van der Waals surface area contributed by atoms with Crippen LogP contribution in [0, 0.1) is 11.8 Å². The number of carbonyl (C=O) groups excluding carboxylic acids is 2. The van der Waals surface area contributed by atoms with Gasteiger partial charge < -0.3 is 4.74 Å². The van der Waals surface area contributed by atoms with Crippen LogP contribution < -0.4 is 0 Å². The Labute approximate surface area is 83.4 Å². The lowest BCUT2D eigenvalue weighted by atomic mass is 10.2. The third-order valence-corrected chi connectivity index (χ3v) is 1.31. The van der Waals surface area contributed by atoms with Crippen LogP contribution in [0.25, 0.3) is 0 Å². The zero-order valence-corrected chi connectivity index (χ0v) is 8.29. The lowest BCUT2D eigenvalue weighted by Gasteiger charge is -1.89. The predicted octanol–water partition coefficient (Wildman–Crippen LogP) is 1.25. The summed E-state index contributed by atoms with van der Waals surface area (Å²) in [6.07, 6.45) is 4.19. The molecule has 3 nitrogen and oxygen atoms in total. The molecule has 74 valence electrons. The number of ether oxygens (including phenoxy) is 1. The molecule has 0 radical (unpaired) electrons. The maximum Gasteiger partial charge on any atom is 0.384 e. The highest BCUT2D eigenvalue weighted by molar-refractivity contribution is 6.12. The van der Waals surface area contributed by atoms with E-state index in [0.717, 1.165) is 6.42 Å². The number of carbonyl (C=O) groups is 2. The highest BCUT2D eigenvalue weighted by atomic mass is 16.5. The Hall–Kier alpha value is -1.82. The van der Waals surface area contributed by atoms with Gasteiger partial charge >= 0.3 is 5.97 Å². The van der Waals surface area contributed by atoms with Crippen LogP contribution in [-0.2, 0) is 14.3 Å². The number of methoxy groups -OCH3 is 1. The number of allylic oxidation sites excluding steroid dienone is 3. The zero-order valence-electron chi connectivity index (χ0n) is 8.29. The summed E-state index contributed by atoms with van der Waals surface area (Å²) in [6, 6.07) is 0. The van der Waals surface area contributed by atoms with Crippen molar-refractivity contribution in [1.29, 1.82) is 0 Å². The molecule has 0 N–H and O–H groups in total. The molecule has 0 aromatic carbocycles. The molecule has 0 heterocycles. The normalized spacial score (nSPS) is 9.00. The van der Waals surface area contributed by atoms with Crippen molar-refractivity contribution < 1.29 is 14.3 Å². The van der Waals surface area contributed by atoms with E-state index in [1.54, 1.807) is 12.2 Å². The average molecular weight is 192 g/mol. The Morgan fingerprint density at radius 3 is 2.57 bits per heavy atom. The third-order valence-electron chi connectivity index (χ3n) is 1.31. The number of hydrogen-bond acceptors (Lipinski definition) is 3. The van der Waals surface area contributed by atoms with Crippen molar-refractivity contribution in [2.75, 3.05) is 7.11 Å². The molecule has 0 aliphatic rings. The summed E-state index contributed by atoms with van der Waals surface area (Å²) in [4.78, 5) is 21.7. The van der Waals surface area contributed by atoms with E-state index in [1.807, 2.05) is 12.8 Å². The van der Waals surface area contributed by atoms with E-state index in [0.29, 0.717) is 0 Å². The van der Waals surface area contributed by atoms with Gasteiger partial charge in [0.05, 0.1) is 7.11 Å². The fourth-order valence-corrected chi connectivity index (χ4v) is 0.575. The molecule has 0 unspecified atom stereocenters. The first kappa shape index (κ1) is 12.2. The molecule has 0 aliphatic heterocycles. The van der Waals surface area contributed by atoms with Crippen molar-refractivity contribution in [1.82, 2.24) is 0 Å². The van der Waals surface area contributed by atoms with Gasteiger partial charge in [-0.1, -0.05) is 25.7 Å². The molecule has 0 spiro atoms. The van der Waals surface area contributed by atoms with Gasteiger partial charge in [-0.3, -0.25) is 4.79 Å². The Morgan fingerprint density at radius 2 is 2.07 bits per heavy atom. The first-order valence-corrected chi connectivity index (χ1v) is 4.11. The van der Waals surface area contributed by atoms with Crippen LogP contribution >= 0.6 is 0 Å². The summed E-state index contributed by atoms with van der Waals surface area (Å²) < 4.78 is 4.25. The third kappa shape index (κ3) is 4.94. The molecule has 3 heteroatoms. The highest BCUT2D eigenvalue weighted by Gasteiger charge is 1.99. The van der Waals surface area contributed by atoms with Crippen molar-refractivity contribution in [3.8, 4) is 11.8 Å². The van der Waals surface area contributed by atoms with E-state index >= 15 is 0 Å². The van der Waals surface area contributed by atoms with Gasteiger partial charge in [0.15, 0.2) is 0 Å². The van der Waals surface area contributed by atoms with Crippen LogP contribution in [0.1, 0.15) is 13.3 Å². The molecule has 0 bridgehead atoms. The van der Waals surface area contributed by atoms with Gasteiger partial charge in [0, 0.05) is 11.5 Å². The predicted molar refractivity (Wildman–Crippen MR) is 53.4 cm³/mol. The number of ketones is 1. The zero-order chi connectivity index (χ0) is 11.0. The van der Waals surface area contributed by atoms with Gasteiger partial charge in [0.25, 0.3) is 0 Å². The SMILES string of the molecule is C=C(/C=C\CC)C(=O)C#CC(=O)OC. The second-order valence-electron chi connectivity index (χ2n) is 2.41. The van der Waals surface area contributed by atoms with E-state index in [9.17, 15) is 9.59 Å². The van der Waals surface area contributed by atoms with Crippen LogP contribution in [-0.4, -0.2) is 18.9 Å². The average Bonchev–Trinajstić information content (AvgIpc) is 2.21. The summed E-state index contributed by atoms with van der Waals surface area (Å²) in [7, 11) is 1.20. The Bertz CT molecular complexity index is 326. The van der Waals surface area contributed by atoms with Crippen LogP contribution in [0.3, 0.4) is 0 Å². The Kier molecular flexibility index (Phi) is 5.80. The van der Waals surface area contributed by atoms with Crippen molar-refractivity contribution in [2.24, 2.45) is 0 Å². The van der Waals surface area contributed by atoms with Crippen LogP contribution in [0.15, 0.2) is 24.3 Å². The Balaban J connectivity index is 4.33. The molecule has 14 heavy (non-hydrogen) atoms. The largest absolute Gasteiger partial charge is 0.459 e. The molecule has 0 aromatic heterocycles. The van der Waals surface area contributed by atoms with Gasteiger partial charge in [-0.15, -0.1) is 0 Å². The lowest BCUT2D eigenvalue weighted by Crippen LogP contribution is -1.99. The van der Waals surface area contributed by atoms with Crippen LogP contribution in [0.5, 0.6) is 0 Å². The summed E-state index contributed by atoms with van der Waals surface area (Å²) in [6.45, 7) is 5.44. The summed E-state index contributed by atoms with van der Waals surface area (Å²) in [5.41, 5.74) is 0.267. The van der Waals surface area contributed by atoms with Crippen molar-refractivity contribution in [3.63, 3.8) is 0 Å².